The Morgan fingerprint density at radius 3 is 2.34 bits per heavy atom. The third-order valence-electron chi connectivity index (χ3n) is 3.60. The van der Waals surface area contributed by atoms with Gasteiger partial charge in [-0.2, -0.15) is 8.62 Å². The second-order valence-corrected chi connectivity index (χ2v) is 11.4. The zero-order valence-electron chi connectivity index (χ0n) is 15.9. The summed E-state index contributed by atoms with van der Waals surface area (Å²) in [7, 11) is -16.2. The number of hydrogen-bond donors (Lipinski definition) is 6. The van der Waals surface area contributed by atoms with Crippen molar-refractivity contribution in [3.8, 4) is 0 Å². The first-order valence-corrected chi connectivity index (χ1v) is 14.1. The van der Waals surface area contributed by atoms with Crippen molar-refractivity contribution in [1.29, 1.82) is 0 Å². The van der Waals surface area contributed by atoms with E-state index in [0.717, 1.165) is 28.6 Å². The Bertz CT molecular complexity index is 1050. The van der Waals surface area contributed by atoms with E-state index in [0.29, 0.717) is 0 Å². The van der Waals surface area contributed by atoms with Crippen LogP contribution < -0.4 is 11.2 Å². The van der Waals surface area contributed by atoms with Crippen LogP contribution in [0, 0.1) is 0 Å². The summed E-state index contributed by atoms with van der Waals surface area (Å²) in [4.78, 5) is 51.6. The maximum atomic E-state index is 12.6. The number of aliphatic hydroxyl groups is 2. The van der Waals surface area contributed by atoms with Crippen LogP contribution in [0.25, 0.3) is 0 Å². The number of aromatic nitrogens is 2. The topological polar surface area (TPSA) is 253 Å². The lowest BCUT2D eigenvalue weighted by Crippen LogP contribution is -2.37. The third kappa shape index (κ3) is 7.68. The van der Waals surface area contributed by atoms with Crippen LogP contribution in [0.5, 0.6) is 0 Å². The van der Waals surface area contributed by atoms with E-state index >= 15 is 0 Å². The molecule has 0 radical (unpaired) electrons. The predicted octanol–water partition coefficient (Wildman–Crippen LogP) is -1.16. The molecule has 0 saturated carbocycles. The minimum absolute atomic E-state index is 0.431. The Labute approximate surface area is 182 Å². The summed E-state index contributed by atoms with van der Waals surface area (Å²) in [6.07, 6.45) is -3.99. The number of hydrogen-bond acceptors (Lipinski definition) is 13. The van der Waals surface area contributed by atoms with Crippen molar-refractivity contribution in [3.05, 3.63) is 33.1 Å². The highest BCUT2D eigenvalue weighted by Gasteiger charge is 2.47. The number of phosphoric ester groups is 1. The molecule has 0 spiro atoms. The van der Waals surface area contributed by atoms with E-state index in [1.54, 1.807) is 0 Å². The monoisotopic (exact) mass is 544 g/mol. The Kier molecular flexibility index (Phi) is 9.23. The number of nitrogens with one attached hydrogen (secondary N) is 1. The van der Waals surface area contributed by atoms with E-state index in [1.807, 2.05) is 4.98 Å². The molecule has 0 bridgehead atoms. The number of H-pyrrole nitrogens is 1. The zero-order valence-corrected chi connectivity index (χ0v) is 19.4. The number of rotatable bonds is 11. The quantitative estimate of drug-likeness (QED) is 0.142. The van der Waals surface area contributed by atoms with Gasteiger partial charge in [-0.15, -0.1) is 11.8 Å². The molecule has 184 valence electrons. The second-order valence-electron chi connectivity index (χ2n) is 5.96. The maximum absolute atomic E-state index is 12.6. The third-order valence-corrected chi connectivity index (χ3v) is 8.34. The molecule has 1 fully saturated rings. The largest absolute Gasteiger partial charge is 0.490 e. The minimum atomic E-state index is -5.65. The molecule has 2 rings (SSSR count). The molecule has 0 amide bonds. The van der Waals surface area contributed by atoms with Crippen LogP contribution in [0.4, 0.5) is 0 Å². The molecule has 6 N–H and O–H groups in total. The summed E-state index contributed by atoms with van der Waals surface area (Å²) in [6, 6.07) is 0.950. The molecular formula is C11H19N2O15P3S. The SMILES string of the molecule is CSCOP(=O)(OC[C@@H]1O[C@H](n2ccc(=O)[nH]c2=O)C(O)C1O)OP(=O)(O)OP(=O)(O)O. The summed E-state index contributed by atoms with van der Waals surface area (Å²) in [6.45, 7) is -0.908. The first-order valence-electron chi connectivity index (χ1n) is 8.18. The molecule has 1 aromatic rings. The first-order chi connectivity index (χ1) is 14.7. The molecule has 1 aromatic heterocycles. The lowest BCUT2D eigenvalue weighted by atomic mass is 10.1. The van der Waals surface area contributed by atoms with Gasteiger partial charge < -0.3 is 29.6 Å². The summed E-state index contributed by atoms with van der Waals surface area (Å²) in [5.41, 5.74) is -1.70. The minimum Gasteiger partial charge on any atom is -0.387 e. The van der Waals surface area contributed by atoms with E-state index < -0.39 is 71.8 Å². The molecule has 21 heteroatoms. The molecule has 6 atom stereocenters. The summed E-state index contributed by atoms with van der Waals surface area (Å²) < 4.78 is 58.4. The number of ether oxygens (including phenoxy) is 1. The molecule has 0 aliphatic carbocycles. The average molecular weight is 544 g/mol. The van der Waals surface area contributed by atoms with Gasteiger partial charge in [0.05, 0.1) is 6.61 Å². The first kappa shape index (κ1) is 27.6. The van der Waals surface area contributed by atoms with Crippen LogP contribution in [0.1, 0.15) is 6.23 Å². The van der Waals surface area contributed by atoms with Crippen molar-refractivity contribution in [2.45, 2.75) is 24.5 Å². The molecular weight excluding hydrogens is 525 g/mol. The van der Waals surface area contributed by atoms with Crippen LogP contribution in [0.2, 0.25) is 0 Å². The van der Waals surface area contributed by atoms with Crippen LogP contribution >= 0.6 is 35.2 Å². The Morgan fingerprint density at radius 2 is 1.78 bits per heavy atom. The highest BCUT2D eigenvalue weighted by atomic mass is 32.2. The Balaban J connectivity index is 2.15. The van der Waals surface area contributed by atoms with Gasteiger partial charge in [-0.1, -0.05) is 0 Å². The highest BCUT2D eigenvalue weighted by molar-refractivity contribution is 7.98. The smallest absolute Gasteiger partial charge is 0.387 e. The average Bonchev–Trinajstić information content (AvgIpc) is 2.91. The zero-order chi connectivity index (χ0) is 24.3. The fourth-order valence-corrected chi connectivity index (χ4v) is 6.56. The maximum Gasteiger partial charge on any atom is 0.490 e. The van der Waals surface area contributed by atoms with Gasteiger partial charge in [-0.3, -0.25) is 23.4 Å². The molecule has 1 aliphatic heterocycles. The normalized spacial score (nSPS) is 27.7. The van der Waals surface area contributed by atoms with Crippen LogP contribution in [-0.2, 0) is 36.1 Å². The number of aromatic amines is 1. The number of thioether (sulfide) groups is 1. The molecule has 2 heterocycles. The standard InChI is InChI=1S/C11H19N2O15P3S/c1-32-5-25-31(23,28-30(21,22)27-29(18,19)20)24-4-6-8(15)9(16)10(26-6)13-3-2-7(14)12-11(13)17/h2-3,6,8-10,15-16H,4-5H2,1H3,(H,21,22)(H,12,14,17)(H2,18,19,20)/t6-,8?,9?,10-,31?/m0/s1. The summed E-state index contributed by atoms with van der Waals surface area (Å²) in [5.74, 6) is -0.431. The van der Waals surface area contributed by atoms with E-state index in [2.05, 4.69) is 8.62 Å². The Hall–Kier alpha value is -0.680. The number of nitrogens with zero attached hydrogens (tertiary/aromatic N) is 1. The number of aliphatic hydroxyl groups excluding tert-OH is 2. The van der Waals surface area contributed by atoms with Gasteiger partial charge in [0, 0.05) is 12.3 Å². The fourth-order valence-electron chi connectivity index (χ4n) is 2.37. The number of phosphoric acid groups is 3. The molecule has 17 nitrogen and oxygen atoms in total. The summed E-state index contributed by atoms with van der Waals surface area (Å²) in [5, 5.41) is 20.3. The Morgan fingerprint density at radius 1 is 1.12 bits per heavy atom. The van der Waals surface area contributed by atoms with Gasteiger partial charge in [0.25, 0.3) is 5.56 Å². The van der Waals surface area contributed by atoms with Crippen molar-refractivity contribution in [3.63, 3.8) is 0 Å². The van der Waals surface area contributed by atoms with Gasteiger partial charge in [-0.25, -0.2) is 18.5 Å². The molecule has 0 aromatic carbocycles. The molecule has 4 unspecified atom stereocenters. The van der Waals surface area contributed by atoms with Gasteiger partial charge in [-0.05, 0) is 6.26 Å². The highest BCUT2D eigenvalue weighted by Crippen LogP contribution is 2.68. The van der Waals surface area contributed by atoms with Crippen molar-refractivity contribution in [2.24, 2.45) is 0 Å². The van der Waals surface area contributed by atoms with Crippen molar-refractivity contribution < 1.29 is 61.0 Å². The van der Waals surface area contributed by atoms with Gasteiger partial charge in [0.15, 0.2) is 6.23 Å². The van der Waals surface area contributed by atoms with Crippen LogP contribution in [0.15, 0.2) is 21.9 Å². The predicted molar refractivity (Wildman–Crippen MR) is 104 cm³/mol. The fraction of sp³-hybridized carbons (Fsp3) is 0.636. The lowest BCUT2D eigenvalue weighted by Gasteiger charge is -2.22. The van der Waals surface area contributed by atoms with Gasteiger partial charge in [0.2, 0.25) is 0 Å². The van der Waals surface area contributed by atoms with E-state index in [1.165, 1.54) is 6.26 Å². The van der Waals surface area contributed by atoms with E-state index in [9.17, 15) is 38.4 Å². The van der Waals surface area contributed by atoms with Crippen molar-refractivity contribution >= 4 is 35.2 Å². The summed E-state index contributed by atoms with van der Waals surface area (Å²) >= 11 is 0.919. The van der Waals surface area contributed by atoms with Gasteiger partial charge in [0.1, 0.15) is 24.3 Å². The lowest BCUT2D eigenvalue weighted by molar-refractivity contribution is -0.0548. The van der Waals surface area contributed by atoms with E-state index in [-0.39, 0.29) is 0 Å². The van der Waals surface area contributed by atoms with Crippen molar-refractivity contribution in [2.75, 3.05) is 18.8 Å². The van der Waals surface area contributed by atoms with E-state index in [4.69, 9.17) is 23.6 Å². The molecule has 32 heavy (non-hydrogen) atoms. The van der Waals surface area contributed by atoms with Gasteiger partial charge >= 0.3 is 29.2 Å². The molecule has 1 aliphatic rings. The van der Waals surface area contributed by atoms with Crippen molar-refractivity contribution in [1.82, 2.24) is 9.55 Å². The van der Waals surface area contributed by atoms with Crippen LogP contribution in [-0.4, -0.2) is 71.6 Å². The molecule has 1 saturated heterocycles. The van der Waals surface area contributed by atoms with Crippen LogP contribution in [0.3, 0.4) is 0 Å². The second kappa shape index (κ2) is 10.7.